The normalized spacial score (nSPS) is 13.3. The zero-order chi connectivity index (χ0) is 21.2. The average molecular weight is 404 g/mol. The first kappa shape index (κ1) is 22.5. The highest BCUT2D eigenvalue weighted by molar-refractivity contribution is 5.56. The van der Waals surface area contributed by atoms with Gasteiger partial charge in [0.2, 0.25) is 0 Å². The standard InChI is InChI=1S/C22H28O7/c1-25-11-5-6-15-7-10-18(20(12-15)27-3)29-21(14-23)22(28-4)16-8-9-17(24)19(13-16)26-2/h5-10,12-13,21-24H,11,14H2,1-4H3/b6-5+/t21-,22-/m0/s1. The zero-order valence-electron chi connectivity index (χ0n) is 17.1. The Labute approximate surface area is 171 Å². The highest BCUT2D eigenvalue weighted by Gasteiger charge is 2.26. The summed E-state index contributed by atoms with van der Waals surface area (Å²) in [7, 11) is 6.18. The fourth-order valence-corrected chi connectivity index (χ4v) is 2.90. The van der Waals surface area contributed by atoms with Crippen LogP contribution in [-0.2, 0) is 9.47 Å². The van der Waals surface area contributed by atoms with Crippen LogP contribution in [0.4, 0.5) is 0 Å². The van der Waals surface area contributed by atoms with E-state index in [2.05, 4.69) is 0 Å². The van der Waals surface area contributed by atoms with E-state index in [1.807, 2.05) is 24.3 Å². The van der Waals surface area contributed by atoms with Crippen LogP contribution in [0.2, 0.25) is 0 Å². The smallest absolute Gasteiger partial charge is 0.161 e. The molecule has 2 aromatic carbocycles. The molecule has 0 aliphatic rings. The summed E-state index contributed by atoms with van der Waals surface area (Å²) in [6, 6.07) is 10.3. The van der Waals surface area contributed by atoms with Crippen LogP contribution in [0.25, 0.3) is 6.08 Å². The van der Waals surface area contributed by atoms with Gasteiger partial charge in [0.1, 0.15) is 6.10 Å². The minimum Gasteiger partial charge on any atom is -0.504 e. The summed E-state index contributed by atoms with van der Waals surface area (Å²) in [5.41, 5.74) is 1.62. The molecular weight excluding hydrogens is 376 g/mol. The largest absolute Gasteiger partial charge is 0.504 e. The van der Waals surface area contributed by atoms with E-state index >= 15 is 0 Å². The van der Waals surface area contributed by atoms with E-state index in [0.29, 0.717) is 29.4 Å². The summed E-state index contributed by atoms with van der Waals surface area (Å²) in [6.07, 6.45) is 2.50. The van der Waals surface area contributed by atoms with Crippen molar-refractivity contribution in [2.24, 2.45) is 0 Å². The first-order chi connectivity index (χ1) is 14.1. The molecule has 7 heteroatoms. The lowest BCUT2D eigenvalue weighted by Gasteiger charge is -2.27. The molecule has 158 valence electrons. The molecule has 29 heavy (non-hydrogen) atoms. The molecule has 0 heterocycles. The van der Waals surface area contributed by atoms with Crippen molar-refractivity contribution >= 4 is 6.08 Å². The van der Waals surface area contributed by atoms with E-state index in [1.54, 1.807) is 32.4 Å². The Balaban J connectivity index is 2.27. The van der Waals surface area contributed by atoms with Crippen molar-refractivity contribution in [1.82, 2.24) is 0 Å². The molecule has 0 unspecified atom stereocenters. The molecule has 0 aromatic heterocycles. The fourth-order valence-electron chi connectivity index (χ4n) is 2.90. The summed E-state index contributed by atoms with van der Waals surface area (Å²) in [5.74, 6) is 1.33. The molecule has 7 nitrogen and oxygen atoms in total. The van der Waals surface area contributed by atoms with Gasteiger partial charge in [-0.05, 0) is 35.4 Å². The Morgan fingerprint density at radius 3 is 2.31 bits per heavy atom. The molecule has 2 atom stereocenters. The van der Waals surface area contributed by atoms with Gasteiger partial charge in [0.25, 0.3) is 0 Å². The van der Waals surface area contributed by atoms with E-state index in [1.165, 1.54) is 20.3 Å². The number of benzene rings is 2. The number of aliphatic hydroxyl groups is 1. The number of aromatic hydroxyl groups is 1. The maximum absolute atomic E-state index is 9.94. The first-order valence-electron chi connectivity index (χ1n) is 9.08. The number of hydrogen-bond donors (Lipinski definition) is 2. The molecule has 2 rings (SSSR count). The molecule has 2 aromatic rings. The third-order valence-electron chi connectivity index (χ3n) is 4.34. The van der Waals surface area contributed by atoms with Crippen LogP contribution < -0.4 is 14.2 Å². The molecule has 0 amide bonds. The summed E-state index contributed by atoms with van der Waals surface area (Å²) in [5, 5.41) is 19.8. The maximum atomic E-state index is 9.94. The molecule has 0 aliphatic carbocycles. The molecule has 0 aliphatic heterocycles. The number of hydrogen-bond acceptors (Lipinski definition) is 7. The molecule has 0 radical (unpaired) electrons. The predicted molar refractivity (Wildman–Crippen MR) is 110 cm³/mol. The highest BCUT2D eigenvalue weighted by Crippen LogP contribution is 2.35. The average Bonchev–Trinajstić information content (AvgIpc) is 2.75. The van der Waals surface area contributed by atoms with Gasteiger partial charge < -0.3 is 33.9 Å². The van der Waals surface area contributed by atoms with Gasteiger partial charge in [-0.1, -0.05) is 24.3 Å². The van der Waals surface area contributed by atoms with Gasteiger partial charge in [-0.3, -0.25) is 0 Å². The van der Waals surface area contributed by atoms with Gasteiger partial charge in [0, 0.05) is 14.2 Å². The lowest BCUT2D eigenvalue weighted by Crippen LogP contribution is -2.30. The summed E-state index contributed by atoms with van der Waals surface area (Å²) in [6.45, 7) is 0.221. The van der Waals surface area contributed by atoms with Crippen LogP contribution in [0.5, 0.6) is 23.0 Å². The van der Waals surface area contributed by atoms with Gasteiger partial charge in [-0.2, -0.15) is 0 Å². The minimum atomic E-state index is -0.710. The fraction of sp³-hybridized carbons (Fsp3) is 0.364. The maximum Gasteiger partial charge on any atom is 0.161 e. The van der Waals surface area contributed by atoms with E-state index in [0.717, 1.165) is 5.56 Å². The van der Waals surface area contributed by atoms with E-state index in [4.69, 9.17) is 23.7 Å². The second kappa shape index (κ2) is 11.3. The van der Waals surface area contributed by atoms with Crippen LogP contribution in [0.1, 0.15) is 17.2 Å². The summed E-state index contributed by atoms with van der Waals surface area (Å²) < 4.78 is 27.2. The third kappa shape index (κ3) is 5.87. The topological polar surface area (TPSA) is 86.6 Å². The molecule has 2 N–H and O–H groups in total. The number of ether oxygens (including phenoxy) is 5. The van der Waals surface area contributed by atoms with Crippen molar-refractivity contribution in [3.8, 4) is 23.0 Å². The monoisotopic (exact) mass is 404 g/mol. The predicted octanol–water partition coefficient (Wildman–Crippen LogP) is 3.20. The van der Waals surface area contributed by atoms with Crippen LogP contribution in [-0.4, -0.2) is 58.0 Å². The second-order valence-electron chi connectivity index (χ2n) is 6.19. The van der Waals surface area contributed by atoms with Crippen molar-refractivity contribution in [2.45, 2.75) is 12.2 Å². The first-order valence-corrected chi connectivity index (χ1v) is 9.08. The molecule has 0 spiro atoms. The van der Waals surface area contributed by atoms with Gasteiger partial charge in [-0.25, -0.2) is 0 Å². The number of rotatable bonds is 11. The summed E-state index contributed by atoms with van der Waals surface area (Å²) >= 11 is 0. The SMILES string of the molecule is COC/C=C/c1ccc(O[C@@H](CO)[C@@H](OC)c2ccc(O)c(OC)c2)c(OC)c1. The third-order valence-corrected chi connectivity index (χ3v) is 4.34. The number of methoxy groups -OCH3 is 4. The molecule has 0 fully saturated rings. The van der Waals surface area contributed by atoms with Gasteiger partial charge >= 0.3 is 0 Å². The Bertz CT molecular complexity index is 804. The van der Waals surface area contributed by atoms with E-state index in [9.17, 15) is 10.2 Å². The Morgan fingerprint density at radius 2 is 1.69 bits per heavy atom. The lowest BCUT2D eigenvalue weighted by atomic mass is 10.0. The van der Waals surface area contributed by atoms with Crippen molar-refractivity contribution < 1.29 is 33.9 Å². The zero-order valence-corrected chi connectivity index (χ0v) is 17.1. The van der Waals surface area contributed by atoms with Crippen molar-refractivity contribution in [2.75, 3.05) is 41.7 Å². The number of phenols is 1. The Morgan fingerprint density at radius 1 is 0.931 bits per heavy atom. The molecular formula is C22H28O7. The van der Waals surface area contributed by atoms with Crippen molar-refractivity contribution in [3.05, 3.63) is 53.6 Å². The van der Waals surface area contributed by atoms with Crippen molar-refractivity contribution in [1.29, 1.82) is 0 Å². The molecule has 0 saturated heterocycles. The Hall–Kier alpha value is -2.74. The minimum absolute atomic E-state index is 0.0198. The highest BCUT2D eigenvalue weighted by atomic mass is 16.6. The second-order valence-corrected chi connectivity index (χ2v) is 6.19. The van der Waals surface area contributed by atoms with Crippen LogP contribution in [0.15, 0.2) is 42.5 Å². The van der Waals surface area contributed by atoms with Crippen LogP contribution in [0.3, 0.4) is 0 Å². The summed E-state index contributed by atoms with van der Waals surface area (Å²) in [4.78, 5) is 0. The quantitative estimate of drug-likeness (QED) is 0.595. The number of phenolic OH excluding ortho intramolecular Hbond substituents is 1. The molecule has 0 bridgehead atoms. The number of aliphatic hydroxyl groups excluding tert-OH is 1. The molecule has 0 saturated carbocycles. The Kier molecular flexibility index (Phi) is 8.79. The van der Waals surface area contributed by atoms with Crippen molar-refractivity contribution in [3.63, 3.8) is 0 Å². The van der Waals surface area contributed by atoms with Gasteiger partial charge in [-0.15, -0.1) is 0 Å². The lowest BCUT2D eigenvalue weighted by molar-refractivity contribution is -0.0265. The van der Waals surface area contributed by atoms with Gasteiger partial charge in [0.05, 0.1) is 27.4 Å². The van der Waals surface area contributed by atoms with Crippen LogP contribution in [0, 0.1) is 0 Å². The van der Waals surface area contributed by atoms with Gasteiger partial charge in [0.15, 0.2) is 29.1 Å². The van der Waals surface area contributed by atoms with E-state index < -0.39 is 12.2 Å². The van der Waals surface area contributed by atoms with Crippen LogP contribution >= 0.6 is 0 Å². The van der Waals surface area contributed by atoms with E-state index in [-0.39, 0.29) is 12.4 Å².